The molecule has 204 valence electrons. The van der Waals surface area contributed by atoms with Crippen LogP contribution in [-0.4, -0.2) is 23.0 Å². The van der Waals surface area contributed by atoms with Crippen molar-refractivity contribution in [2.75, 3.05) is 0 Å². The molecule has 8 atom stereocenters. The highest BCUT2D eigenvalue weighted by Gasteiger charge is 2.55. The Morgan fingerprint density at radius 2 is 1.72 bits per heavy atom. The molecular weight excluding hydrogens is 446 g/mol. The Kier molecular flexibility index (Phi) is 8.32. The summed E-state index contributed by atoms with van der Waals surface area (Å²) < 4.78 is 0. The predicted octanol–water partition coefficient (Wildman–Crippen LogP) is 7.77. The highest BCUT2D eigenvalue weighted by Crippen LogP contribution is 2.65. The van der Waals surface area contributed by atoms with Crippen molar-refractivity contribution in [2.24, 2.45) is 46.3 Å². The molecule has 0 unspecified atom stereocenters. The normalized spacial score (nSPS) is 37.6. The Balaban J connectivity index is 1.42. The molecule has 0 aliphatic heterocycles. The van der Waals surface area contributed by atoms with Crippen LogP contribution in [0.3, 0.4) is 0 Å². The summed E-state index contributed by atoms with van der Waals surface area (Å²) in [7, 11) is 0. The van der Waals surface area contributed by atoms with E-state index in [1.54, 1.807) is 0 Å². The molecule has 0 aromatic heterocycles. The van der Waals surface area contributed by atoms with E-state index in [0.29, 0.717) is 16.7 Å². The first kappa shape index (κ1) is 27.7. The SMILES string of the molecule is CC(C)[C@@H](C)CC[C@@H](C)[C@H]1CCC2=C3CC[C@H]4C[C@H](NC(=O)CCC(=O)O)CC[C@]4(C)[C@H]3CC[C@@]21C. The van der Waals surface area contributed by atoms with Crippen LogP contribution in [0.4, 0.5) is 0 Å². The number of nitrogens with one attached hydrogen (secondary N) is 1. The number of carboxylic acids is 1. The molecule has 3 fully saturated rings. The van der Waals surface area contributed by atoms with Gasteiger partial charge in [-0.05, 0) is 104 Å². The van der Waals surface area contributed by atoms with Gasteiger partial charge in [0.25, 0.3) is 0 Å². The second kappa shape index (κ2) is 10.8. The lowest BCUT2D eigenvalue weighted by molar-refractivity contribution is -0.139. The summed E-state index contributed by atoms with van der Waals surface area (Å²) in [4.78, 5) is 23.1. The van der Waals surface area contributed by atoms with Crippen molar-refractivity contribution in [3.63, 3.8) is 0 Å². The minimum atomic E-state index is -0.896. The number of amides is 1. The summed E-state index contributed by atoms with van der Waals surface area (Å²) in [5, 5.41) is 12.1. The average molecular weight is 500 g/mol. The third kappa shape index (κ3) is 5.30. The molecule has 0 radical (unpaired) electrons. The number of carbonyl (C=O) groups excluding carboxylic acids is 1. The van der Waals surface area contributed by atoms with E-state index in [0.717, 1.165) is 42.4 Å². The van der Waals surface area contributed by atoms with Crippen molar-refractivity contribution >= 4 is 11.9 Å². The van der Waals surface area contributed by atoms with Crippen LogP contribution in [0.1, 0.15) is 125 Å². The van der Waals surface area contributed by atoms with Crippen LogP contribution in [-0.2, 0) is 9.59 Å². The highest BCUT2D eigenvalue weighted by atomic mass is 16.4. The lowest BCUT2D eigenvalue weighted by Crippen LogP contribution is -2.51. The second-order valence-corrected chi connectivity index (χ2v) is 14.1. The smallest absolute Gasteiger partial charge is 0.303 e. The van der Waals surface area contributed by atoms with Gasteiger partial charge in [0.2, 0.25) is 5.91 Å². The quantitative estimate of drug-likeness (QED) is 0.318. The molecule has 36 heavy (non-hydrogen) atoms. The molecule has 1 amide bonds. The Hall–Kier alpha value is -1.32. The van der Waals surface area contributed by atoms with Crippen molar-refractivity contribution in [1.82, 2.24) is 5.32 Å². The number of fused-ring (bicyclic) bond motifs is 4. The molecule has 0 aromatic rings. The van der Waals surface area contributed by atoms with Gasteiger partial charge in [0.05, 0.1) is 6.42 Å². The molecule has 3 saturated carbocycles. The third-order valence-corrected chi connectivity index (χ3v) is 11.9. The van der Waals surface area contributed by atoms with Crippen LogP contribution < -0.4 is 5.32 Å². The zero-order valence-corrected chi connectivity index (χ0v) is 24.0. The first-order chi connectivity index (χ1) is 17.0. The predicted molar refractivity (Wildman–Crippen MR) is 146 cm³/mol. The second-order valence-electron chi connectivity index (χ2n) is 14.1. The van der Waals surface area contributed by atoms with E-state index in [4.69, 9.17) is 5.11 Å². The zero-order valence-electron chi connectivity index (χ0n) is 24.0. The number of hydrogen-bond donors (Lipinski definition) is 2. The average Bonchev–Trinajstić information content (AvgIpc) is 3.18. The largest absolute Gasteiger partial charge is 0.481 e. The van der Waals surface area contributed by atoms with Crippen LogP contribution >= 0.6 is 0 Å². The fraction of sp³-hybridized carbons (Fsp3) is 0.875. The van der Waals surface area contributed by atoms with Crippen molar-refractivity contribution in [3.8, 4) is 0 Å². The summed E-state index contributed by atoms with van der Waals surface area (Å²) >= 11 is 0. The molecular formula is C32H53NO3. The molecule has 0 heterocycles. The van der Waals surface area contributed by atoms with Gasteiger partial charge in [-0.3, -0.25) is 9.59 Å². The first-order valence-corrected chi connectivity index (χ1v) is 15.2. The van der Waals surface area contributed by atoms with Crippen LogP contribution in [0.5, 0.6) is 0 Å². The maximum Gasteiger partial charge on any atom is 0.303 e. The van der Waals surface area contributed by atoms with E-state index >= 15 is 0 Å². The monoisotopic (exact) mass is 499 g/mol. The van der Waals surface area contributed by atoms with Crippen LogP contribution in [0.2, 0.25) is 0 Å². The molecule has 4 rings (SSSR count). The van der Waals surface area contributed by atoms with E-state index in [9.17, 15) is 9.59 Å². The summed E-state index contributed by atoms with van der Waals surface area (Å²) in [6.07, 6.45) is 14.0. The van der Waals surface area contributed by atoms with Gasteiger partial charge in [-0.1, -0.05) is 65.5 Å². The number of allylic oxidation sites excluding steroid dienone is 2. The number of aliphatic carboxylic acids is 1. The lowest BCUT2D eigenvalue weighted by Gasteiger charge is -2.57. The van der Waals surface area contributed by atoms with Crippen LogP contribution in [0, 0.1) is 46.3 Å². The van der Waals surface area contributed by atoms with Crippen LogP contribution in [0.15, 0.2) is 11.1 Å². The molecule has 0 spiro atoms. The lowest BCUT2D eigenvalue weighted by atomic mass is 9.48. The van der Waals surface area contributed by atoms with E-state index in [1.807, 2.05) is 11.1 Å². The standard InChI is InChI=1S/C32H53NO3/c1-20(2)21(3)7-8-22(4)26-11-12-27-25-10-9-23-19-24(33-29(34)13-14-30(35)36)15-17-31(23,5)28(25)16-18-32(26,27)6/h20-24,26,28H,7-19H2,1-6H3,(H,33,34)(H,35,36)/t21-,22+,23-,24+,26+,28-,31-,32+/m0/s1. The molecule has 4 heteroatoms. The van der Waals surface area contributed by atoms with Gasteiger partial charge in [-0.25, -0.2) is 0 Å². The fourth-order valence-corrected chi connectivity index (χ4v) is 9.15. The number of carboxylic acid groups (broad SMARTS) is 1. The number of hydrogen-bond acceptors (Lipinski definition) is 2. The van der Waals surface area contributed by atoms with E-state index < -0.39 is 5.97 Å². The number of rotatable bonds is 9. The summed E-state index contributed by atoms with van der Waals surface area (Å²) in [6.45, 7) is 14.9. The van der Waals surface area contributed by atoms with Crippen molar-refractivity contribution < 1.29 is 14.7 Å². The van der Waals surface area contributed by atoms with Crippen molar-refractivity contribution in [3.05, 3.63) is 11.1 Å². The first-order valence-electron chi connectivity index (χ1n) is 15.2. The zero-order chi connectivity index (χ0) is 26.3. The van der Waals surface area contributed by atoms with E-state index in [1.165, 1.54) is 57.8 Å². The van der Waals surface area contributed by atoms with Crippen molar-refractivity contribution in [2.45, 2.75) is 131 Å². The van der Waals surface area contributed by atoms with E-state index in [-0.39, 0.29) is 24.8 Å². The molecule has 0 saturated heterocycles. The summed E-state index contributed by atoms with van der Waals surface area (Å²) in [5.41, 5.74) is 4.51. The highest BCUT2D eigenvalue weighted by molar-refractivity contribution is 5.80. The molecule has 4 nitrogen and oxygen atoms in total. The summed E-state index contributed by atoms with van der Waals surface area (Å²) in [5.74, 6) is 3.69. The molecule has 4 aliphatic carbocycles. The Morgan fingerprint density at radius 3 is 2.42 bits per heavy atom. The maximum atomic E-state index is 12.3. The Bertz CT molecular complexity index is 861. The molecule has 4 aliphatic rings. The minimum Gasteiger partial charge on any atom is -0.481 e. The fourth-order valence-electron chi connectivity index (χ4n) is 9.15. The van der Waals surface area contributed by atoms with Gasteiger partial charge in [0.1, 0.15) is 0 Å². The third-order valence-electron chi connectivity index (χ3n) is 11.9. The van der Waals surface area contributed by atoms with Gasteiger partial charge in [0, 0.05) is 12.5 Å². The summed E-state index contributed by atoms with van der Waals surface area (Å²) in [6, 6.07) is 0.220. The molecule has 0 aromatic carbocycles. The van der Waals surface area contributed by atoms with Gasteiger partial charge < -0.3 is 10.4 Å². The van der Waals surface area contributed by atoms with Gasteiger partial charge in [0.15, 0.2) is 0 Å². The van der Waals surface area contributed by atoms with Gasteiger partial charge >= 0.3 is 5.97 Å². The molecule has 2 N–H and O–H groups in total. The van der Waals surface area contributed by atoms with E-state index in [2.05, 4.69) is 46.9 Å². The van der Waals surface area contributed by atoms with Crippen LogP contribution in [0.25, 0.3) is 0 Å². The van der Waals surface area contributed by atoms with Gasteiger partial charge in [-0.15, -0.1) is 0 Å². The number of carbonyl (C=O) groups is 2. The molecule has 0 bridgehead atoms. The minimum absolute atomic E-state index is 0.0756. The topological polar surface area (TPSA) is 66.4 Å². The maximum absolute atomic E-state index is 12.3. The van der Waals surface area contributed by atoms with Gasteiger partial charge in [-0.2, -0.15) is 0 Å². The van der Waals surface area contributed by atoms with Crippen molar-refractivity contribution in [1.29, 1.82) is 0 Å². The Morgan fingerprint density at radius 1 is 0.972 bits per heavy atom. The Labute approximate surface area is 220 Å².